The Morgan fingerprint density at radius 3 is 2.70 bits per heavy atom. The smallest absolute Gasteiger partial charge is 0.322 e. The van der Waals surface area contributed by atoms with Crippen molar-refractivity contribution in [3.63, 3.8) is 0 Å². The van der Waals surface area contributed by atoms with Crippen molar-refractivity contribution in [2.75, 3.05) is 13.1 Å². The van der Waals surface area contributed by atoms with Crippen molar-refractivity contribution in [2.45, 2.75) is 18.4 Å². The number of likely N-dealkylation sites (tertiary alicyclic amines) is 1. The van der Waals surface area contributed by atoms with Gasteiger partial charge in [0, 0.05) is 18.7 Å². The van der Waals surface area contributed by atoms with E-state index in [1.54, 1.807) is 29.4 Å². The van der Waals surface area contributed by atoms with Crippen molar-refractivity contribution in [1.82, 2.24) is 25.5 Å². The molecule has 118 valence electrons. The van der Waals surface area contributed by atoms with Crippen LogP contribution in [0.5, 0.6) is 0 Å². The summed E-state index contributed by atoms with van der Waals surface area (Å²) < 4.78 is 0. The quantitative estimate of drug-likeness (QED) is 0.661. The maximum Gasteiger partial charge on any atom is 0.322 e. The third-order valence-electron chi connectivity index (χ3n) is 4.59. The number of aromatic nitrogens is 2. The van der Waals surface area contributed by atoms with Gasteiger partial charge in [-0.25, -0.2) is 9.78 Å². The molecule has 2 aliphatic rings. The molecule has 2 saturated heterocycles. The first-order valence-electron chi connectivity index (χ1n) is 7.43. The molecule has 2 fully saturated rings. The molecule has 0 unspecified atom stereocenters. The third-order valence-corrected chi connectivity index (χ3v) is 4.59. The molecular weight excluding hydrogens is 298 g/mol. The van der Waals surface area contributed by atoms with Gasteiger partial charge >= 0.3 is 6.03 Å². The average Bonchev–Trinajstić information content (AvgIpc) is 3.11. The van der Waals surface area contributed by atoms with E-state index in [-0.39, 0.29) is 11.8 Å². The summed E-state index contributed by atoms with van der Waals surface area (Å²) in [6.45, 7) is 0.848. The zero-order valence-corrected chi connectivity index (χ0v) is 12.3. The summed E-state index contributed by atoms with van der Waals surface area (Å²) in [6, 6.07) is 4.87. The second-order valence-corrected chi connectivity index (χ2v) is 5.92. The highest BCUT2D eigenvalue weighted by molar-refractivity contribution is 6.07. The molecule has 1 spiro atoms. The van der Waals surface area contributed by atoms with Crippen molar-refractivity contribution in [1.29, 1.82) is 0 Å². The molecule has 0 aliphatic carbocycles. The highest BCUT2D eigenvalue weighted by Gasteiger charge is 2.48. The number of H-pyrrole nitrogens is 1. The van der Waals surface area contributed by atoms with Crippen LogP contribution in [0.1, 0.15) is 23.2 Å². The first-order valence-corrected chi connectivity index (χ1v) is 7.43. The number of urea groups is 1. The van der Waals surface area contributed by atoms with Crippen LogP contribution in [0.2, 0.25) is 0 Å². The van der Waals surface area contributed by atoms with Crippen molar-refractivity contribution < 1.29 is 14.4 Å². The molecule has 0 atom stereocenters. The molecule has 0 bridgehead atoms. The molecule has 8 nitrogen and oxygen atoms in total. The van der Waals surface area contributed by atoms with Crippen LogP contribution in [0, 0.1) is 0 Å². The van der Waals surface area contributed by atoms with Crippen LogP contribution in [-0.4, -0.2) is 51.3 Å². The van der Waals surface area contributed by atoms with Gasteiger partial charge in [0.1, 0.15) is 5.54 Å². The highest BCUT2D eigenvalue weighted by Crippen LogP contribution is 2.26. The Hall–Kier alpha value is -2.90. The van der Waals surface area contributed by atoms with Gasteiger partial charge in [-0.2, -0.15) is 0 Å². The predicted molar refractivity (Wildman–Crippen MR) is 80.6 cm³/mol. The van der Waals surface area contributed by atoms with Crippen LogP contribution < -0.4 is 10.6 Å². The minimum absolute atomic E-state index is 0.0823. The second kappa shape index (κ2) is 4.80. The molecule has 1 aromatic carbocycles. The number of hydrogen-bond acceptors (Lipinski definition) is 4. The lowest BCUT2D eigenvalue weighted by atomic mass is 9.87. The second-order valence-electron chi connectivity index (χ2n) is 5.92. The molecule has 1 aromatic heterocycles. The zero-order chi connectivity index (χ0) is 16.0. The molecule has 4 rings (SSSR count). The summed E-state index contributed by atoms with van der Waals surface area (Å²) in [5.41, 5.74) is 1.34. The van der Waals surface area contributed by atoms with Crippen molar-refractivity contribution in [3.8, 4) is 0 Å². The van der Waals surface area contributed by atoms with Gasteiger partial charge in [-0.1, -0.05) is 0 Å². The van der Waals surface area contributed by atoms with Crippen LogP contribution in [0.4, 0.5) is 4.79 Å². The maximum atomic E-state index is 12.6. The highest BCUT2D eigenvalue weighted by atomic mass is 16.2. The number of imide groups is 1. The lowest BCUT2D eigenvalue weighted by Gasteiger charge is -2.37. The zero-order valence-electron chi connectivity index (χ0n) is 12.3. The van der Waals surface area contributed by atoms with E-state index in [2.05, 4.69) is 20.6 Å². The maximum absolute atomic E-state index is 12.6. The summed E-state index contributed by atoms with van der Waals surface area (Å²) >= 11 is 0. The van der Waals surface area contributed by atoms with E-state index >= 15 is 0 Å². The lowest BCUT2D eigenvalue weighted by molar-refractivity contribution is -0.125. The molecule has 2 aromatic rings. The van der Waals surface area contributed by atoms with Gasteiger partial charge < -0.3 is 15.2 Å². The fraction of sp³-hybridized carbons (Fsp3) is 0.333. The number of aromatic amines is 1. The van der Waals surface area contributed by atoms with E-state index in [9.17, 15) is 14.4 Å². The van der Waals surface area contributed by atoms with Gasteiger partial charge in [0.15, 0.2) is 0 Å². The fourth-order valence-electron chi connectivity index (χ4n) is 3.22. The molecular formula is C15H15N5O3. The Morgan fingerprint density at radius 2 is 2.00 bits per heavy atom. The van der Waals surface area contributed by atoms with Gasteiger partial charge in [0.05, 0.1) is 17.4 Å². The average molecular weight is 313 g/mol. The van der Waals surface area contributed by atoms with Gasteiger partial charge in [-0.15, -0.1) is 0 Å². The van der Waals surface area contributed by atoms with Gasteiger partial charge in [0.2, 0.25) is 0 Å². The SMILES string of the molecule is O=C1NC(=O)C2(CCN(C(=O)c3ccc4nc[nH]c4c3)CC2)N1. The van der Waals surface area contributed by atoms with Crippen molar-refractivity contribution in [3.05, 3.63) is 30.1 Å². The monoisotopic (exact) mass is 313 g/mol. The largest absolute Gasteiger partial charge is 0.345 e. The van der Waals surface area contributed by atoms with E-state index in [1.807, 2.05) is 0 Å². The van der Waals surface area contributed by atoms with Crippen LogP contribution >= 0.6 is 0 Å². The number of piperidine rings is 1. The van der Waals surface area contributed by atoms with E-state index in [4.69, 9.17) is 0 Å². The van der Waals surface area contributed by atoms with Gasteiger partial charge in [-0.3, -0.25) is 14.9 Å². The number of nitrogens with one attached hydrogen (secondary N) is 3. The van der Waals surface area contributed by atoms with E-state index in [0.29, 0.717) is 31.5 Å². The first kappa shape index (κ1) is 13.7. The number of fused-ring (bicyclic) bond motifs is 1. The van der Waals surface area contributed by atoms with Crippen LogP contribution in [-0.2, 0) is 4.79 Å². The Kier molecular flexibility index (Phi) is 2.87. The predicted octanol–water partition coefficient (Wildman–Crippen LogP) is 0.377. The number of carbonyl (C=O) groups is 3. The summed E-state index contributed by atoms with van der Waals surface area (Å²) in [4.78, 5) is 44.7. The van der Waals surface area contributed by atoms with Crippen LogP contribution in [0.15, 0.2) is 24.5 Å². The van der Waals surface area contributed by atoms with Gasteiger partial charge in [0.25, 0.3) is 11.8 Å². The summed E-state index contributed by atoms with van der Waals surface area (Å²) in [5, 5.41) is 4.95. The minimum Gasteiger partial charge on any atom is -0.345 e. The molecule has 0 saturated carbocycles. The third kappa shape index (κ3) is 2.14. The minimum atomic E-state index is -0.860. The Bertz CT molecular complexity index is 819. The normalized spacial score (nSPS) is 19.9. The van der Waals surface area contributed by atoms with Crippen molar-refractivity contribution >= 4 is 28.9 Å². The summed E-state index contributed by atoms with van der Waals surface area (Å²) in [7, 11) is 0. The molecule has 3 heterocycles. The molecule has 8 heteroatoms. The van der Waals surface area contributed by atoms with E-state index < -0.39 is 11.6 Å². The number of amides is 4. The topological polar surface area (TPSA) is 107 Å². The molecule has 0 radical (unpaired) electrons. The van der Waals surface area contributed by atoms with Gasteiger partial charge in [-0.05, 0) is 31.0 Å². The Balaban J connectivity index is 1.50. The first-order chi connectivity index (χ1) is 11.1. The Labute approximate surface area is 131 Å². The number of benzene rings is 1. The van der Waals surface area contributed by atoms with Crippen molar-refractivity contribution in [2.24, 2.45) is 0 Å². The molecule has 4 amide bonds. The van der Waals surface area contributed by atoms with E-state index in [0.717, 1.165) is 11.0 Å². The molecule has 2 aliphatic heterocycles. The van der Waals surface area contributed by atoms with Crippen LogP contribution in [0.25, 0.3) is 11.0 Å². The van der Waals surface area contributed by atoms with Crippen LogP contribution in [0.3, 0.4) is 0 Å². The molecule has 3 N–H and O–H groups in total. The fourth-order valence-corrected chi connectivity index (χ4v) is 3.22. The summed E-state index contributed by atoms with van der Waals surface area (Å²) in [5.74, 6) is -0.380. The number of nitrogens with zero attached hydrogens (tertiary/aromatic N) is 2. The number of hydrogen-bond donors (Lipinski definition) is 3. The number of rotatable bonds is 1. The Morgan fingerprint density at radius 1 is 1.22 bits per heavy atom. The lowest BCUT2D eigenvalue weighted by Crippen LogP contribution is -2.55. The number of carbonyl (C=O) groups excluding carboxylic acids is 3. The standard InChI is InChI=1S/C15H15N5O3/c21-12(9-1-2-10-11(7-9)17-8-16-10)20-5-3-15(4-6-20)13(22)18-14(23)19-15/h1-2,7-8H,3-6H2,(H,16,17)(H2,18,19,22,23). The summed E-state index contributed by atoms with van der Waals surface area (Å²) in [6.07, 6.45) is 2.43. The van der Waals surface area contributed by atoms with E-state index in [1.165, 1.54) is 0 Å². The molecule has 23 heavy (non-hydrogen) atoms. The number of imidazole rings is 1.